The highest BCUT2D eigenvalue weighted by Crippen LogP contribution is 2.36. The minimum Gasteiger partial charge on any atom is -0.482 e. The van der Waals surface area contributed by atoms with Crippen molar-refractivity contribution in [1.82, 2.24) is 14.1 Å². The van der Waals surface area contributed by atoms with E-state index in [0.29, 0.717) is 45.0 Å². The van der Waals surface area contributed by atoms with Crippen molar-refractivity contribution in [2.75, 3.05) is 63.9 Å². The molecule has 3 aliphatic heterocycles. The van der Waals surface area contributed by atoms with Crippen LogP contribution >= 0.6 is 0 Å². The van der Waals surface area contributed by atoms with Crippen LogP contribution in [0.2, 0.25) is 0 Å². The molecule has 198 valence electrons. The molecule has 3 aliphatic rings. The Kier molecular flexibility index (Phi) is 7.74. The van der Waals surface area contributed by atoms with Crippen molar-refractivity contribution in [2.24, 2.45) is 11.8 Å². The first-order chi connectivity index (χ1) is 17.1. The Hall–Kier alpha value is -2.86. The second-order valence-electron chi connectivity index (χ2n) is 9.73. The van der Waals surface area contributed by atoms with Crippen molar-refractivity contribution < 1.29 is 32.3 Å². The minimum absolute atomic E-state index is 0.0707. The van der Waals surface area contributed by atoms with Gasteiger partial charge in [-0.15, -0.1) is 0 Å². The molecule has 0 radical (unpaired) electrons. The van der Waals surface area contributed by atoms with Crippen LogP contribution in [0, 0.1) is 11.8 Å². The van der Waals surface area contributed by atoms with Crippen molar-refractivity contribution in [3.63, 3.8) is 0 Å². The number of carbonyl (C=O) groups is 3. The van der Waals surface area contributed by atoms with Gasteiger partial charge in [0.25, 0.3) is 5.91 Å². The topological polar surface area (TPSA) is 117 Å². The summed E-state index contributed by atoms with van der Waals surface area (Å²) < 4.78 is 38.9. The molecule has 11 nitrogen and oxygen atoms in total. The lowest BCUT2D eigenvalue weighted by atomic mass is 9.94. The van der Waals surface area contributed by atoms with Crippen molar-refractivity contribution in [2.45, 2.75) is 32.1 Å². The minimum atomic E-state index is -3.78. The van der Waals surface area contributed by atoms with Gasteiger partial charge in [0, 0.05) is 39.3 Å². The van der Waals surface area contributed by atoms with Gasteiger partial charge in [-0.1, -0.05) is 13.8 Å². The van der Waals surface area contributed by atoms with Crippen LogP contribution in [0.3, 0.4) is 0 Å². The van der Waals surface area contributed by atoms with Crippen LogP contribution in [0.25, 0.3) is 0 Å². The molecule has 0 aromatic heterocycles. The number of amides is 3. The van der Waals surface area contributed by atoms with E-state index in [1.54, 1.807) is 22.8 Å². The molecule has 2 atom stereocenters. The summed E-state index contributed by atoms with van der Waals surface area (Å²) in [7, 11) is -3.78. The van der Waals surface area contributed by atoms with E-state index in [4.69, 9.17) is 9.47 Å². The van der Waals surface area contributed by atoms with Gasteiger partial charge in [-0.05, 0) is 43.4 Å². The van der Waals surface area contributed by atoms with Gasteiger partial charge in [0.1, 0.15) is 12.3 Å². The molecule has 0 N–H and O–H groups in total. The smallest absolute Gasteiger partial charge is 0.409 e. The fourth-order valence-electron chi connectivity index (χ4n) is 5.06. The number of carbonyl (C=O) groups excluding carboxylic acids is 3. The fourth-order valence-corrected chi connectivity index (χ4v) is 6.76. The van der Waals surface area contributed by atoms with Crippen molar-refractivity contribution >= 4 is 33.6 Å². The molecule has 0 bridgehead atoms. The summed E-state index contributed by atoms with van der Waals surface area (Å²) in [4.78, 5) is 42.2. The van der Waals surface area contributed by atoms with Crippen molar-refractivity contribution in [3.05, 3.63) is 18.2 Å². The summed E-state index contributed by atoms with van der Waals surface area (Å²) in [6, 6.07) is 4.46. The van der Waals surface area contributed by atoms with E-state index in [-0.39, 0.29) is 48.1 Å². The van der Waals surface area contributed by atoms with Gasteiger partial charge >= 0.3 is 6.09 Å². The van der Waals surface area contributed by atoms with Gasteiger partial charge in [-0.25, -0.2) is 13.2 Å². The number of piperidine rings is 1. The first-order valence-corrected chi connectivity index (χ1v) is 13.8. The first-order valence-electron chi connectivity index (χ1n) is 12.4. The van der Waals surface area contributed by atoms with Gasteiger partial charge in [0.15, 0.2) is 6.61 Å². The average Bonchev–Trinajstić information content (AvgIpc) is 2.85. The number of fused-ring (bicyclic) bond motifs is 1. The molecule has 12 heteroatoms. The zero-order valence-corrected chi connectivity index (χ0v) is 21.8. The molecular weight excluding hydrogens is 488 g/mol. The van der Waals surface area contributed by atoms with Crippen LogP contribution in [-0.4, -0.2) is 99.5 Å². The van der Waals surface area contributed by atoms with Crippen molar-refractivity contribution in [1.29, 1.82) is 0 Å². The van der Waals surface area contributed by atoms with Crippen LogP contribution < -0.4 is 9.64 Å². The second kappa shape index (κ2) is 10.6. The largest absolute Gasteiger partial charge is 0.482 e. The molecule has 36 heavy (non-hydrogen) atoms. The SMILES string of the molecule is CCOC(=O)N1CCN(C(=O)CN2C(=O)COc3ccc(S(=O)(=O)N4C[C@H](C)C[C@@H](C)C4)cc32)CC1. The Morgan fingerprint density at radius 2 is 1.69 bits per heavy atom. The standard InChI is InChI=1S/C24H34N4O7S/c1-4-34-24(31)26-9-7-25(8-10-26)22(29)15-28-20-12-19(5-6-21(20)35-16-23(28)30)36(32,33)27-13-17(2)11-18(3)14-27/h5-6,12,17-18H,4,7-11,13-16H2,1-3H3/t17-,18-/m1/s1. The molecule has 3 amide bonds. The first kappa shape index (κ1) is 26.2. The molecular formula is C24H34N4O7S. The van der Waals surface area contributed by atoms with E-state index in [1.165, 1.54) is 21.3 Å². The van der Waals surface area contributed by atoms with Gasteiger partial charge in [0.05, 0.1) is 17.2 Å². The van der Waals surface area contributed by atoms with Gasteiger partial charge < -0.3 is 19.3 Å². The quantitative estimate of drug-likeness (QED) is 0.574. The number of sulfonamides is 1. The second-order valence-corrected chi connectivity index (χ2v) is 11.7. The van der Waals surface area contributed by atoms with Gasteiger partial charge in [-0.2, -0.15) is 4.31 Å². The molecule has 3 heterocycles. The maximum absolute atomic E-state index is 13.4. The van der Waals surface area contributed by atoms with E-state index < -0.39 is 22.0 Å². The number of rotatable bonds is 5. The highest BCUT2D eigenvalue weighted by Gasteiger charge is 2.35. The summed E-state index contributed by atoms with van der Waals surface area (Å²) in [6.07, 6.45) is 0.566. The predicted molar refractivity (Wildman–Crippen MR) is 131 cm³/mol. The van der Waals surface area contributed by atoms with Crippen LogP contribution in [0.4, 0.5) is 10.5 Å². The monoisotopic (exact) mass is 522 g/mol. The van der Waals surface area contributed by atoms with E-state index in [9.17, 15) is 22.8 Å². The molecule has 0 spiro atoms. The number of ether oxygens (including phenoxy) is 2. The highest BCUT2D eigenvalue weighted by atomic mass is 32.2. The Morgan fingerprint density at radius 3 is 2.33 bits per heavy atom. The van der Waals surface area contributed by atoms with Gasteiger partial charge in [0.2, 0.25) is 15.9 Å². The summed E-state index contributed by atoms with van der Waals surface area (Å²) >= 11 is 0. The average molecular weight is 523 g/mol. The Morgan fingerprint density at radius 1 is 1.06 bits per heavy atom. The highest BCUT2D eigenvalue weighted by molar-refractivity contribution is 7.89. The number of hydrogen-bond acceptors (Lipinski definition) is 7. The maximum Gasteiger partial charge on any atom is 0.409 e. The van der Waals surface area contributed by atoms with Crippen LogP contribution in [-0.2, 0) is 24.3 Å². The summed E-state index contributed by atoms with van der Waals surface area (Å²) in [5.41, 5.74) is 0.268. The van der Waals surface area contributed by atoms with Gasteiger partial charge in [-0.3, -0.25) is 14.5 Å². The fraction of sp³-hybridized carbons (Fsp3) is 0.625. The van der Waals surface area contributed by atoms with Crippen LogP contribution in [0.1, 0.15) is 27.2 Å². The number of benzene rings is 1. The number of hydrogen-bond donors (Lipinski definition) is 0. The third-order valence-electron chi connectivity index (χ3n) is 6.80. The molecule has 1 aromatic rings. The molecule has 2 fully saturated rings. The third-order valence-corrected chi connectivity index (χ3v) is 8.63. The van der Waals surface area contributed by atoms with E-state index in [2.05, 4.69) is 0 Å². The van der Waals surface area contributed by atoms with E-state index >= 15 is 0 Å². The lowest BCUT2D eigenvalue weighted by molar-refractivity contribution is -0.133. The number of nitrogens with zero attached hydrogens (tertiary/aromatic N) is 4. The zero-order valence-electron chi connectivity index (χ0n) is 21.0. The lowest BCUT2D eigenvalue weighted by Gasteiger charge is -2.36. The summed E-state index contributed by atoms with van der Waals surface area (Å²) in [5.74, 6) is 0.158. The Balaban J connectivity index is 1.50. The molecule has 4 rings (SSSR count). The van der Waals surface area contributed by atoms with Crippen molar-refractivity contribution in [3.8, 4) is 5.75 Å². The normalized spacial score (nSPS) is 23.2. The lowest BCUT2D eigenvalue weighted by Crippen LogP contribution is -2.54. The Labute approximate surface area is 211 Å². The van der Waals surface area contributed by atoms with E-state index in [0.717, 1.165) is 6.42 Å². The maximum atomic E-state index is 13.4. The van der Waals surface area contributed by atoms with Crippen LogP contribution in [0.5, 0.6) is 5.75 Å². The summed E-state index contributed by atoms with van der Waals surface area (Å²) in [5, 5.41) is 0. The Bertz CT molecular complexity index is 1110. The molecule has 0 saturated carbocycles. The predicted octanol–water partition coefficient (Wildman–Crippen LogP) is 1.38. The molecule has 2 saturated heterocycles. The third kappa shape index (κ3) is 5.44. The van der Waals surface area contributed by atoms with E-state index in [1.807, 2.05) is 13.8 Å². The number of piperazine rings is 1. The molecule has 0 unspecified atom stereocenters. The zero-order chi connectivity index (χ0) is 26.0. The molecule has 1 aromatic carbocycles. The van der Waals surface area contributed by atoms with Crippen LogP contribution in [0.15, 0.2) is 23.1 Å². The molecule has 0 aliphatic carbocycles. The number of anilines is 1. The summed E-state index contributed by atoms with van der Waals surface area (Å²) in [6.45, 7) is 7.84.